The summed E-state index contributed by atoms with van der Waals surface area (Å²) in [7, 11) is 1.63. The topological polar surface area (TPSA) is 102 Å². The molecular weight excluding hydrogens is 436 g/mol. The average Bonchev–Trinajstić information content (AvgIpc) is 3.22. The van der Waals surface area contributed by atoms with Gasteiger partial charge in [0.15, 0.2) is 6.61 Å². The van der Waals surface area contributed by atoms with Crippen molar-refractivity contribution < 1.29 is 23.8 Å². The Hall–Kier alpha value is -3.85. The van der Waals surface area contributed by atoms with E-state index in [1.165, 1.54) is 0 Å². The van der Waals surface area contributed by atoms with Crippen molar-refractivity contribution in [2.75, 3.05) is 38.7 Å². The largest absolute Gasteiger partial charge is 0.497 e. The number of methoxy groups -OCH3 is 1. The molecule has 3 aromatic rings. The second-order valence-corrected chi connectivity index (χ2v) is 8.30. The summed E-state index contributed by atoms with van der Waals surface area (Å²) in [6.07, 6.45) is 1.88. The Balaban J connectivity index is 1.13. The summed E-state index contributed by atoms with van der Waals surface area (Å²) in [6, 6.07) is 13.3. The molecule has 0 unspecified atom stereocenters. The third-order valence-electron chi connectivity index (χ3n) is 6.00. The van der Waals surface area contributed by atoms with Gasteiger partial charge in [-0.3, -0.25) is 9.78 Å². The van der Waals surface area contributed by atoms with Crippen molar-refractivity contribution in [3.05, 3.63) is 59.8 Å². The Morgan fingerprint density at radius 2 is 2.12 bits per heavy atom. The Labute approximate surface area is 197 Å². The monoisotopic (exact) mass is 462 g/mol. The van der Waals surface area contributed by atoms with Crippen LogP contribution in [0, 0.1) is 0 Å². The summed E-state index contributed by atoms with van der Waals surface area (Å²) < 4.78 is 16.4. The van der Waals surface area contributed by atoms with Gasteiger partial charge in [-0.05, 0) is 54.9 Å². The number of amides is 2. The van der Waals surface area contributed by atoms with Gasteiger partial charge in [0, 0.05) is 30.2 Å². The average molecular weight is 463 g/mol. The van der Waals surface area contributed by atoms with E-state index in [1.807, 2.05) is 42.5 Å². The molecule has 2 aliphatic heterocycles. The zero-order chi connectivity index (χ0) is 23.5. The number of benzene rings is 2. The van der Waals surface area contributed by atoms with Crippen molar-refractivity contribution in [1.82, 2.24) is 15.2 Å². The first kappa shape index (κ1) is 22.0. The fourth-order valence-electron chi connectivity index (χ4n) is 4.27. The highest BCUT2D eigenvalue weighted by Crippen LogP contribution is 2.32. The maximum atomic E-state index is 12.5. The Morgan fingerprint density at radius 3 is 3.00 bits per heavy atom. The molecule has 2 aliphatic rings. The molecule has 2 amide bonds. The Kier molecular flexibility index (Phi) is 6.18. The van der Waals surface area contributed by atoms with Crippen LogP contribution in [0.25, 0.3) is 10.9 Å². The Morgan fingerprint density at radius 1 is 1.21 bits per heavy atom. The molecule has 9 nitrogen and oxygen atoms in total. The number of hydrogen-bond acceptors (Lipinski definition) is 7. The molecular formula is C25H26N4O5. The third kappa shape index (κ3) is 4.60. The molecule has 0 radical (unpaired) electrons. The minimum Gasteiger partial charge on any atom is -0.497 e. The number of nitrogens with one attached hydrogen (secondary N) is 2. The number of carbonyl (C=O) groups excluding carboxylic acids is 2. The molecule has 0 aliphatic carbocycles. The highest BCUT2D eigenvalue weighted by atomic mass is 16.6. The van der Waals surface area contributed by atoms with Crippen molar-refractivity contribution in [3.63, 3.8) is 0 Å². The molecule has 3 heterocycles. The first-order chi connectivity index (χ1) is 16.6. The van der Waals surface area contributed by atoms with E-state index < -0.39 is 0 Å². The van der Waals surface area contributed by atoms with Gasteiger partial charge in [-0.2, -0.15) is 0 Å². The predicted molar refractivity (Wildman–Crippen MR) is 126 cm³/mol. The van der Waals surface area contributed by atoms with Gasteiger partial charge >= 0.3 is 6.09 Å². The molecule has 0 spiro atoms. The lowest BCUT2D eigenvalue weighted by atomic mass is 10.0. The molecule has 1 fully saturated rings. The van der Waals surface area contributed by atoms with Crippen LogP contribution >= 0.6 is 0 Å². The SMILES string of the molecule is COc1ccc2nccc([C@@H]3CN(CCCNCc4ccc5c(c4)NC(=O)CO5)C(=O)O3)c2c1. The minimum atomic E-state index is -0.342. The quantitative estimate of drug-likeness (QED) is 0.496. The second-order valence-electron chi connectivity index (χ2n) is 8.30. The zero-order valence-electron chi connectivity index (χ0n) is 18.9. The van der Waals surface area contributed by atoms with E-state index in [1.54, 1.807) is 18.2 Å². The van der Waals surface area contributed by atoms with Crippen molar-refractivity contribution in [2.24, 2.45) is 0 Å². The standard InChI is InChI=1S/C25H26N4O5/c1-32-17-4-5-20-19(12-17)18(7-9-27-20)23-14-29(25(31)34-23)10-2-8-26-13-16-3-6-22-21(11-16)28-24(30)15-33-22/h3-7,9,11-12,23,26H,2,8,10,13-15H2,1H3,(H,28,30)/t23-/m0/s1. The van der Waals surface area contributed by atoms with Crippen LogP contribution in [0.5, 0.6) is 11.5 Å². The molecule has 1 atom stereocenters. The molecule has 5 rings (SSSR count). The van der Waals surface area contributed by atoms with Gasteiger partial charge in [0.05, 0.1) is 24.9 Å². The zero-order valence-corrected chi connectivity index (χ0v) is 18.9. The van der Waals surface area contributed by atoms with Gasteiger partial charge in [-0.1, -0.05) is 6.07 Å². The molecule has 176 valence electrons. The number of anilines is 1. The molecule has 34 heavy (non-hydrogen) atoms. The van der Waals surface area contributed by atoms with Crippen LogP contribution < -0.4 is 20.1 Å². The summed E-state index contributed by atoms with van der Waals surface area (Å²) in [5.41, 5.74) is 3.51. The second kappa shape index (κ2) is 9.56. The molecule has 9 heteroatoms. The van der Waals surface area contributed by atoms with Crippen LogP contribution in [0.15, 0.2) is 48.7 Å². The summed E-state index contributed by atoms with van der Waals surface area (Å²) in [4.78, 5) is 30.1. The van der Waals surface area contributed by atoms with E-state index in [0.717, 1.165) is 40.7 Å². The normalized spacial score (nSPS) is 17.2. The highest BCUT2D eigenvalue weighted by Gasteiger charge is 2.33. The van der Waals surface area contributed by atoms with E-state index >= 15 is 0 Å². The number of pyridine rings is 1. The molecule has 2 aromatic carbocycles. The van der Waals surface area contributed by atoms with Gasteiger partial charge in [-0.15, -0.1) is 0 Å². The van der Waals surface area contributed by atoms with E-state index in [4.69, 9.17) is 14.2 Å². The summed E-state index contributed by atoms with van der Waals surface area (Å²) in [5, 5.41) is 7.13. The fraction of sp³-hybridized carbons (Fsp3) is 0.320. The predicted octanol–water partition coefficient (Wildman–Crippen LogP) is 3.25. The number of ether oxygens (including phenoxy) is 3. The van der Waals surface area contributed by atoms with Crippen LogP contribution in [0.1, 0.15) is 23.7 Å². The lowest BCUT2D eigenvalue weighted by Crippen LogP contribution is -2.28. The summed E-state index contributed by atoms with van der Waals surface area (Å²) >= 11 is 0. The molecule has 2 N–H and O–H groups in total. The first-order valence-electron chi connectivity index (χ1n) is 11.3. The van der Waals surface area contributed by atoms with E-state index in [2.05, 4.69) is 15.6 Å². The van der Waals surface area contributed by atoms with E-state index in [0.29, 0.717) is 31.1 Å². The van der Waals surface area contributed by atoms with Gasteiger partial charge in [0.1, 0.15) is 17.6 Å². The number of carbonyl (C=O) groups is 2. The van der Waals surface area contributed by atoms with Crippen LogP contribution in [0.2, 0.25) is 0 Å². The number of nitrogens with zero attached hydrogens (tertiary/aromatic N) is 2. The minimum absolute atomic E-state index is 0.0516. The van der Waals surface area contributed by atoms with Crippen LogP contribution in [-0.2, 0) is 16.1 Å². The maximum absolute atomic E-state index is 12.5. The van der Waals surface area contributed by atoms with Gasteiger partial charge in [0.25, 0.3) is 5.91 Å². The number of rotatable bonds is 8. The fourth-order valence-corrected chi connectivity index (χ4v) is 4.27. The van der Waals surface area contributed by atoms with E-state index in [-0.39, 0.29) is 24.7 Å². The molecule has 1 aromatic heterocycles. The highest BCUT2D eigenvalue weighted by molar-refractivity contribution is 5.95. The lowest BCUT2D eigenvalue weighted by molar-refractivity contribution is -0.118. The van der Waals surface area contributed by atoms with Gasteiger partial charge in [-0.25, -0.2) is 4.79 Å². The third-order valence-corrected chi connectivity index (χ3v) is 6.00. The molecule has 0 bridgehead atoms. The number of hydrogen-bond donors (Lipinski definition) is 2. The molecule has 1 saturated heterocycles. The van der Waals surface area contributed by atoms with Crippen molar-refractivity contribution >= 4 is 28.6 Å². The molecule has 0 saturated carbocycles. The Bertz CT molecular complexity index is 1230. The number of cyclic esters (lactones) is 1. The van der Waals surface area contributed by atoms with Crippen LogP contribution in [-0.4, -0.2) is 55.2 Å². The van der Waals surface area contributed by atoms with Crippen LogP contribution in [0.4, 0.5) is 10.5 Å². The smallest absolute Gasteiger partial charge is 0.410 e. The lowest BCUT2D eigenvalue weighted by Gasteiger charge is -2.18. The van der Waals surface area contributed by atoms with Gasteiger partial charge < -0.3 is 29.7 Å². The van der Waals surface area contributed by atoms with Crippen molar-refractivity contribution in [1.29, 1.82) is 0 Å². The summed E-state index contributed by atoms with van der Waals surface area (Å²) in [5.74, 6) is 1.28. The van der Waals surface area contributed by atoms with Crippen molar-refractivity contribution in [3.8, 4) is 11.5 Å². The first-order valence-corrected chi connectivity index (χ1v) is 11.3. The van der Waals surface area contributed by atoms with Gasteiger partial charge in [0.2, 0.25) is 0 Å². The summed E-state index contributed by atoms with van der Waals surface area (Å²) in [6.45, 7) is 2.54. The number of aromatic nitrogens is 1. The van der Waals surface area contributed by atoms with Crippen LogP contribution in [0.3, 0.4) is 0 Å². The van der Waals surface area contributed by atoms with Crippen molar-refractivity contribution in [2.45, 2.75) is 19.1 Å². The van der Waals surface area contributed by atoms with E-state index in [9.17, 15) is 9.59 Å². The number of fused-ring (bicyclic) bond motifs is 2. The maximum Gasteiger partial charge on any atom is 0.410 e.